The van der Waals surface area contributed by atoms with Crippen LogP contribution in [0.2, 0.25) is 0 Å². The first-order valence-corrected chi connectivity index (χ1v) is 8.24. The highest BCUT2D eigenvalue weighted by atomic mass is 19.1. The standard InChI is InChI=1S/C17H26FN3/c1-2-19-13-14-7-8-16(14)20-9-11-21(12-10-20)17-6-4-3-5-15(17)18/h3-6,14,16,19H,2,7-13H2,1H3. The molecule has 1 aromatic carbocycles. The highest BCUT2D eigenvalue weighted by Crippen LogP contribution is 2.33. The van der Waals surface area contributed by atoms with Crippen LogP contribution in [0.1, 0.15) is 19.8 Å². The first kappa shape index (κ1) is 14.8. The van der Waals surface area contributed by atoms with Gasteiger partial charge >= 0.3 is 0 Å². The third kappa shape index (κ3) is 3.22. The maximum atomic E-state index is 13.8. The number of anilines is 1. The van der Waals surface area contributed by atoms with Crippen molar-refractivity contribution in [2.45, 2.75) is 25.8 Å². The Morgan fingerprint density at radius 2 is 1.90 bits per heavy atom. The molecule has 0 amide bonds. The molecule has 1 aromatic rings. The molecule has 116 valence electrons. The van der Waals surface area contributed by atoms with Crippen molar-refractivity contribution < 1.29 is 4.39 Å². The van der Waals surface area contributed by atoms with Crippen molar-refractivity contribution >= 4 is 5.69 Å². The molecule has 2 fully saturated rings. The van der Waals surface area contributed by atoms with Gasteiger partial charge in [-0.15, -0.1) is 0 Å². The molecule has 1 saturated heterocycles. The zero-order valence-electron chi connectivity index (χ0n) is 12.9. The summed E-state index contributed by atoms with van der Waals surface area (Å²) in [6.45, 7) is 8.36. The molecule has 2 unspecified atom stereocenters. The number of benzene rings is 1. The zero-order chi connectivity index (χ0) is 14.7. The topological polar surface area (TPSA) is 18.5 Å². The van der Waals surface area contributed by atoms with Crippen molar-refractivity contribution in [1.82, 2.24) is 10.2 Å². The number of nitrogens with zero attached hydrogens (tertiary/aromatic N) is 2. The van der Waals surface area contributed by atoms with E-state index in [-0.39, 0.29) is 5.82 Å². The maximum Gasteiger partial charge on any atom is 0.146 e. The van der Waals surface area contributed by atoms with E-state index in [4.69, 9.17) is 0 Å². The number of halogens is 1. The predicted octanol–water partition coefficient (Wildman–Crippen LogP) is 2.34. The Labute approximate surface area is 127 Å². The summed E-state index contributed by atoms with van der Waals surface area (Å²) in [4.78, 5) is 4.80. The van der Waals surface area contributed by atoms with E-state index in [9.17, 15) is 4.39 Å². The van der Waals surface area contributed by atoms with E-state index < -0.39 is 0 Å². The fourth-order valence-corrected chi connectivity index (χ4v) is 3.60. The Balaban J connectivity index is 1.52. The monoisotopic (exact) mass is 291 g/mol. The van der Waals surface area contributed by atoms with Crippen LogP contribution < -0.4 is 10.2 Å². The van der Waals surface area contributed by atoms with Crippen molar-refractivity contribution in [3.63, 3.8) is 0 Å². The number of hydrogen-bond donors (Lipinski definition) is 1. The Bertz CT molecular complexity index is 457. The molecular formula is C17H26FN3. The average molecular weight is 291 g/mol. The minimum atomic E-state index is -0.0976. The first-order valence-electron chi connectivity index (χ1n) is 8.24. The van der Waals surface area contributed by atoms with Crippen LogP contribution in [0.15, 0.2) is 24.3 Å². The first-order chi connectivity index (χ1) is 10.3. The van der Waals surface area contributed by atoms with Gasteiger partial charge in [-0.3, -0.25) is 4.90 Å². The molecule has 0 bridgehead atoms. The number of hydrogen-bond acceptors (Lipinski definition) is 3. The molecule has 2 atom stereocenters. The molecule has 0 aromatic heterocycles. The molecule has 4 heteroatoms. The Hall–Kier alpha value is -1.13. The van der Waals surface area contributed by atoms with Crippen LogP contribution in [0.3, 0.4) is 0 Å². The number of rotatable bonds is 5. The van der Waals surface area contributed by atoms with Crippen LogP contribution in [-0.4, -0.2) is 50.2 Å². The van der Waals surface area contributed by atoms with Gasteiger partial charge in [-0.2, -0.15) is 0 Å². The maximum absolute atomic E-state index is 13.8. The van der Waals surface area contributed by atoms with Crippen LogP contribution in [-0.2, 0) is 0 Å². The molecule has 2 aliphatic rings. The lowest BCUT2D eigenvalue weighted by molar-refractivity contribution is 0.0574. The zero-order valence-corrected chi connectivity index (χ0v) is 12.9. The molecule has 21 heavy (non-hydrogen) atoms. The van der Waals surface area contributed by atoms with E-state index in [2.05, 4.69) is 22.0 Å². The summed E-state index contributed by atoms with van der Waals surface area (Å²) < 4.78 is 13.8. The Morgan fingerprint density at radius 1 is 1.14 bits per heavy atom. The van der Waals surface area contributed by atoms with E-state index in [0.29, 0.717) is 0 Å². The van der Waals surface area contributed by atoms with E-state index in [0.717, 1.165) is 56.9 Å². The lowest BCUT2D eigenvalue weighted by Crippen LogP contribution is -2.57. The summed E-state index contributed by atoms with van der Waals surface area (Å²) in [5.41, 5.74) is 0.759. The largest absolute Gasteiger partial charge is 0.367 e. The number of piperazine rings is 1. The number of nitrogens with one attached hydrogen (secondary N) is 1. The molecular weight excluding hydrogens is 265 g/mol. The van der Waals surface area contributed by atoms with Crippen molar-refractivity contribution in [1.29, 1.82) is 0 Å². The quantitative estimate of drug-likeness (QED) is 0.898. The third-order valence-corrected chi connectivity index (χ3v) is 5.01. The van der Waals surface area contributed by atoms with Crippen LogP contribution in [0.25, 0.3) is 0 Å². The molecule has 0 spiro atoms. The highest BCUT2D eigenvalue weighted by molar-refractivity contribution is 5.48. The second-order valence-corrected chi connectivity index (χ2v) is 6.19. The second-order valence-electron chi connectivity index (χ2n) is 6.19. The van der Waals surface area contributed by atoms with Gasteiger partial charge in [0.05, 0.1) is 5.69 Å². The van der Waals surface area contributed by atoms with Gasteiger partial charge in [0.15, 0.2) is 0 Å². The SMILES string of the molecule is CCNCC1CCC1N1CCN(c2ccccc2F)CC1. The molecule has 1 heterocycles. The fourth-order valence-electron chi connectivity index (χ4n) is 3.60. The van der Waals surface area contributed by atoms with Gasteiger partial charge in [0.2, 0.25) is 0 Å². The minimum Gasteiger partial charge on any atom is -0.367 e. The van der Waals surface area contributed by atoms with Gasteiger partial charge in [-0.05, 0) is 44.0 Å². The van der Waals surface area contributed by atoms with Crippen LogP contribution in [0, 0.1) is 11.7 Å². The van der Waals surface area contributed by atoms with Crippen LogP contribution in [0.5, 0.6) is 0 Å². The van der Waals surface area contributed by atoms with Gasteiger partial charge in [-0.1, -0.05) is 19.1 Å². The summed E-state index contributed by atoms with van der Waals surface area (Å²) in [6.07, 6.45) is 2.68. The molecule has 3 rings (SSSR count). The van der Waals surface area contributed by atoms with Crippen molar-refractivity contribution in [3.05, 3.63) is 30.1 Å². The van der Waals surface area contributed by atoms with E-state index in [1.807, 2.05) is 12.1 Å². The van der Waals surface area contributed by atoms with Gasteiger partial charge in [0, 0.05) is 32.2 Å². The Kier molecular flexibility index (Phi) is 4.76. The lowest BCUT2D eigenvalue weighted by Gasteiger charge is -2.48. The minimum absolute atomic E-state index is 0.0976. The second kappa shape index (κ2) is 6.75. The summed E-state index contributed by atoms with van der Waals surface area (Å²) in [5, 5.41) is 3.47. The third-order valence-electron chi connectivity index (χ3n) is 5.01. The highest BCUT2D eigenvalue weighted by Gasteiger charge is 2.36. The summed E-state index contributed by atoms with van der Waals surface area (Å²) >= 11 is 0. The van der Waals surface area contributed by atoms with Gasteiger partial charge in [0.1, 0.15) is 5.82 Å². The van der Waals surface area contributed by atoms with Crippen LogP contribution in [0.4, 0.5) is 10.1 Å². The normalized spacial score (nSPS) is 26.7. The summed E-state index contributed by atoms with van der Waals surface area (Å²) in [6, 6.07) is 7.87. The van der Waals surface area contributed by atoms with Crippen molar-refractivity contribution in [3.8, 4) is 0 Å². The fraction of sp³-hybridized carbons (Fsp3) is 0.647. The van der Waals surface area contributed by atoms with Gasteiger partial charge < -0.3 is 10.2 Å². The van der Waals surface area contributed by atoms with Gasteiger partial charge in [0.25, 0.3) is 0 Å². The van der Waals surface area contributed by atoms with E-state index in [1.54, 1.807) is 12.1 Å². The predicted molar refractivity (Wildman–Crippen MR) is 85.2 cm³/mol. The van der Waals surface area contributed by atoms with Gasteiger partial charge in [-0.25, -0.2) is 4.39 Å². The molecule has 0 radical (unpaired) electrons. The molecule has 1 aliphatic carbocycles. The van der Waals surface area contributed by atoms with E-state index >= 15 is 0 Å². The van der Waals surface area contributed by atoms with Crippen molar-refractivity contribution in [2.24, 2.45) is 5.92 Å². The molecule has 3 nitrogen and oxygen atoms in total. The summed E-state index contributed by atoms with van der Waals surface area (Å²) in [5.74, 6) is 0.713. The summed E-state index contributed by atoms with van der Waals surface area (Å²) in [7, 11) is 0. The molecule has 1 aliphatic heterocycles. The lowest BCUT2D eigenvalue weighted by atomic mass is 9.78. The average Bonchev–Trinajstić information content (AvgIpc) is 2.48. The Morgan fingerprint density at radius 3 is 2.52 bits per heavy atom. The smallest absolute Gasteiger partial charge is 0.146 e. The van der Waals surface area contributed by atoms with Crippen molar-refractivity contribution in [2.75, 3.05) is 44.2 Å². The van der Waals surface area contributed by atoms with E-state index in [1.165, 1.54) is 12.8 Å². The van der Waals surface area contributed by atoms with Crippen LogP contribution >= 0.6 is 0 Å². The number of para-hydroxylation sites is 1. The molecule has 1 saturated carbocycles. The molecule has 1 N–H and O–H groups in total.